The van der Waals surface area contributed by atoms with Crippen molar-refractivity contribution in [2.75, 3.05) is 13.1 Å². The van der Waals surface area contributed by atoms with Gasteiger partial charge in [-0.3, -0.25) is 10.1 Å². The van der Waals surface area contributed by atoms with E-state index in [2.05, 4.69) is 34.6 Å². The second-order valence-electron chi connectivity index (χ2n) is 8.43. The Morgan fingerprint density at radius 3 is 2.88 bits per heavy atom. The quantitative estimate of drug-likeness (QED) is 0.459. The number of hydrogen-bond donors (Lipinski definition) is 3. The van der Waals surface area contributed by atoms with Gasteiger partial charge in [-0.25, -0.2) is 0 Å². The predicted octanol–water partition coefficient (Wildman–Crippen LogP) is 2.53. The molecule has 3 N–H and O–H groups in total. The Kier molecular flexibility index (Phi) is 6.41. The molecule has 1 aliphatic carbocycles. The average molecular weight is 362 g/mol. The van der Waals surface area contributed by atoms with Crippen LogP contribution >= 0.6 is 0 Å². The molecule has 1 amide bonds. The molecule has 0 aromatic heterocycles. The van der Waals surface area contributed by atoms with Crippen molar-refractivity contribution in [2.45, 2.75) is 77.6 Å². The molecule has 2 heterocycles. The van der Waals surface area contributed by atoms with E-state index in [1.165, 1.54) is 17.7 Å². The molecule has 0 aromatic rings. The highest BCUT2D eigenvalue weighted by Crippen LogP contribution is 2.36. The van der Waals surface area contributed by atoms with E-state index in [0.29, 0.717) is 12.6 Å². The molecule has 0 aromatic carbocycles. The number of carbonyl (C=O) groups is 1. The van der Waals surface area contributed by atoms with Crippen LogP contribution in [0.4, 0.5) is 0 Å². The normalized spacial score (nSPS) is 29.0. The number of amides is 1. The van der Waals surface area contributed by atoms with Crippen molar-refractivity contribution in [3.63, 3.8) is 0 Å². The Balaban J connectivity index is 1.48. The van der Waals surface area contributed by atoms with Gasteiger partial charge in [0, 0.05) is 30.7 Å². The maximum atomic E-state index is 12.6. The van der Waals surface area contributed by atoms with Crippen molar-refractivity contribution in [3.05, 3.63) is 23.4 Å². The van der Waals surface area contributed by atoms with Crippen molar-refractivity contribution in [3.8, 4) is 0 Å². The van der Waals surface area contributed by atoms with Gasteiger partial charge in [-0.05, 0) is 57.1 Å². The second-order valence-corrected chi connectivity index (χ2v) is 8.43. The van der Waals surface area contributed by atoms with Crippen LogP contribution in [-0.2, 0) is 4.79 Å². The Labute approximate surface area is 157 Å². The minimum absolute atomic E-state index is 0.0306. The van der Waals surface area contributed by atoms with Crippen LogP contribution in [-0.4, -0.2) is 47.3 Å². The molecule has 26 heavy (non-hydrogen) atoms. The molecule has 5 nitrogen and oxygen atoms in total. The number of hydrogen-bond acceptors (Lipinski definition) is 4. The molecule has 0 spiro atoms. The van der Waals surface area contributed by atoms with Crippen LogP contribution in [0.2, 0.25) is 0 Å². The summed E-state index contributed by atoms with van der Waals surface area (Å²) in [6, 6.07) is 0.766. The summed E-state index contributed by atoms with van der Waals surface area (Å²) in [5, 5.41) is 16.7. The van der Waals surface area contributed by atoms with Crippen molar-refractivity contribution < 1.29 is 9.90 Å². The summed E-state index contributed by atoms with van der Waals surface area (Å²) in [7, 11) is 0. The maximum Gasteiger partial charge on any atom is 0.223 e. The van der Waals surface area contributed by atoms with E-state index >= 15 is 0 Å². The highest BCUT2D eigenvalue weighted by atomic mass is 16.3. The van der Waals surface area contributed by atoms with Gasteiger partial charge in [0.15, 0.2) is 0 Å². The lowest BCUT2D eigenvalue weighted by molar-refractivity contribution is -0.127. The third-order valence-corrected chi connectivity index (χ3v) is 5.91. The van der Waals surface area contributed by atoms with Crippen molar-refractivity contribution in [1.29, 1.82) is 0 Å². The zero-order chi connectivity index (χ0) is 18.7. The SMILES string of the molecule is CCCC1=CC=C(CNC(=O)[C@@H]2CCCC(C(O)NC(C)C)C2)[C@@H]2CN12. The molecular weight excluding hydrogens is 326 g/mol. The number of aliphatic hydroxyl groups is 1. The number of carbonyl (C=O) groups excluding carboxylic acids is 1. The lowest BCUT2D eigenvalue weighted by atomic mass is 9.80. The number of fused-ring (bicyclic) bond motifs is 1. The Morgan fingerprint density at radius 1 is 1.35 bits per heavy atom. The second kappa shape index (κ2) is 8.57. The molecule has 0 bridgehead atoms. The van der Waals surface area contributed by atoms with Crippen LogP contribution in [0.1, 0.15) is 59.3 Å². The molecule has 5 heteroatoms. The van der Waals surface area contributed by atoms with Crippen LogP contribution < -0.4 is 10.6 Å². The van der Waals surface area contributed by atoms with Gasteiger partial charge in [0.1, 0.15) is 6.23 Å². The van der Waals surface area contributed by atoms with Gasteiger partial charge in [0.05, 0.1) is 6.04 Å². The predicted molar refractivity (Wildman–Crippen MR) is 104 cm³/mol. The number of aliphatic hydroxyl groups excluding tert-OH is 1. The van der Waals surface area contributed by atoms with Gasteiger partial charge < -0.3 is 15.3 Å². The standard InChI is InChI=1S/C21H35N3O2/c1-4-6-18-10-9-17(19-13-24(18)19)12-22-20(25)15-7-5-8-16(11-15)21(26)23-14(2)3/h9-10,14-16,19,21,23,26H,4-8,11-13H2,1-3H3,(H,22,25)/t15-,16?,19+,21?,24?/m1/s1. The van der Waals surface area contributed by atoms with Crippen molar-refractivity contribution >= 4 is 5.91 Å². The van der Waals surface area contributed by atoms with E-state index in [-0.39, 0.29) is 23.8 Å². The monoisotopic (exact) mass is 361 g/mol. The van der Waals surface area contributed by atoms with Gasteiger partial charge in [-0.1, -0.05) is 25.8 Å². The fourth-order valence-electron chi connectivity index (χ4n) is 4.41. The highest BCUT2D eigenvalue weighted by molar-refractivity contribution is 5.79. The largest absolute Gasteiger partial charge is 0.378 e. The lowest BCUT2D eigenvalue weighted by Crippen LogP contribution is -2.44. The highest BCUT2D eigenvalue weighted by Gasteiger charge is 2.40. The Bertz CT molecular complexity index is 570. The molecular formula is C21H35N3O2. The molecule has 2 unspecified atom stereocenters. The first-order valence-corrected chi connectivity index (χ1v) is 10.4. The summed E-state index contributed by atoms with van der Waals surface area (Å²) < 4.78 is 0. The lowest BCUT2D eigenvalue weighted by Gasteiger charge is -2.32. The van der Waals surface area contributed by atoms with Gasteiger partial charge in [0.25, 0.3) is 0 Å². The summed E-state index contributed by atoms with van der Waals surface area (Å²) in [5.41, 5.74) is 2.77. The molecule has 2 aliphatic heterocycles. The average Bonchev–Trinajstić information content (AvgIpc) is 3.42. The van der Waals surface area contributed by atoms with Crippen LogP contribution in [0, 0.1) is 11.8 Å². The number of allylic oxidation sites excluding steroid dienone is 3. The molecule has 3 rings (SSSR count). The van der Waals surface area contributed by atoms with Crippen LogP contribution in [0.5, 0.6) is 0 Å². The summed E-state index contributed by atoms with van der Waals surface area (Å²) in [6.07, 6.45) is 9.97. The smallest absolute Gasteiger partial charge is 0.223 e. The molecule has 1 saturated heterocycles. The topological polar surface area (TPSA) is 64.4 Å². The van der Waals surface area contributed by atoms with Crippen molar-refractivity contribution in [2.24, 2.45) is 11.8 Å². The number of nitrogens with zero attached hydrogens (tertiary/aromatic N) is 1. The third kappa shape index (κ3) is 4.68. The maximum absolute atomic E-state index is 12.6. The van der Waals surface area contributed by atoms with Crippen LogP contribution in [0.3, 0.4) is 0 Å². The molecule has 1 saturated carbocycles. The first kappa shape index (κ1) is 19.4. The molecule has 3 aliphatic rings. The van der Waals surface area contributed by atoms with Crippen LogP contribution in [0.15, 0.2) is 23.4 Å². The minimum atomic E-state index is -0.506. The Hall–Kier alpha value is -1.33. The van der Waals surface area contributed by atoms with E-state index in [0.717, 1.165) is 38.6 Å². The van der Waals surface area contributed by atoms with E-state index in [1.54, 1.807) is 0 Å². The number of nitrogens with one attached hydrogen (secondary N) is 2. The van der Waals surface area contributed by atoms with Gasteiger partial charge in [-0.2, -0.15) is 0 Å². The van der Waals surface area contributed by atoms with Crippen molar-refractivity contribution in [1.82, 2.24) is 15.5 Å². The van der Waals surface area contributed by atoms with Gasteiger partial charge >= 0.3 is 0 Å². The van der Waals surface area contributed by atoms with Gasteiger partial charge in [-0.15, -0.1) is 0 Å². The molecule has 146 valence electrons. The molecule has 4 atom stereocenters. The Morgan fingerprint density at radius 2 is 2.15 bits per heavy atom. The summed E-state index contributed by atoms with van der Waals surface area (Å²) >= 11 is 0. The summed E-state index contributed by atoms with van der Waals surface area (Å²) in [5.74, 6) is 0.361. The first-order valence-electron chi connectivity index (χ1n) is 10.4. The number of rotatable bonds is 8. The molecule has 2 fully saturated rings. The minimum Gasteiger partial charge on any atom is -0.378 e. The fourth-order valence-corrected chi connectivity index (χ4v) is 4.41. The first-order chi connectivity index (χ1) is 12.5. The zero-order valence-corrected chi connectivity index (χ0v) is 16.5. The summed E-state index contributed by atoms with van der Waals surface area (Å²) in [4.78, 5) is 15.1. The van der Waals surface area contributed by atoms with E-state index in [1.807, 2.05) is 13.8 Å². The zero-order valence-electron chi connectivity index (χ0n) is 16.5. The molecule has 0 radical (unpaired) electrons. The van der Waals surface area contributed by atoms with E-state index in [9.17, 15) is 9.90 Å². The van der Waals surface area contributed by atoms with E-state index in [4.69, 9.17) is 0 Å². The summed E-state index contributed by atoms with van der Waals surface area (Å²) in [6.45, 7) is 8.05. The van der Waals surface area contributed by atoms with E-state index < -0.39 is 6.23 Å². The fraction of sp³-hybridized carbons (Fsp3) is 0.762. The third-order valence-electron chi connectivity index (χ3n) is 5.91. The van der Waals surface area contributed by atoms with Gasteiger partial charge in [0.2, 0.25) is 5.91 Å². The van der Waals surface area contributed by atoms with Crippen LogP contribution in [0.25, 0.3) is 0 Å².